The summed E-state index contributed by atoms with van der Waals surface area (Å²) in [6.07, 6.45) is 3.40. The summed E-state index contributed by atoms with van der Waals surface area (Å²) in [6.45, 7) is 11.4. The first kappa shape index (κ1) is 26.3. The molecule has 3 atom stereocenters. The number of hydrogen-bond donors (Lipinski definition) is 3. The number of nitrogens with zero attached hydrogens (tertiary/aromatic N) is 1. The lowest BCUT2D eigenvalue weighted by molar-refractivity contribution is 0.150. The maximum atomic E-state index is 15.3. The van der Waals surface area contributed by atoms with E-state index in [1.165, 1.54) is 6.07 Å². The fourth-order valence-electron chi connectivity index (χ4n) is 4.46. The number of benzene rings is 1. The van der Waals surface area contributed by atoms with Crippen LogP contribution in [0.1, 0.15) is 59.4 Å². The number of thiocarbonyl (C=S) groups is 1. The predicted molar refractivity (Wildman–Crippen MR) is 137 cm³/mol. The second-order valence-electron chi connectivity index (χ2n) is 9.77. The zero-order chi connectivity index (χ0) is 24.1. The van der Waals surface area contributed by atoms with Crippen LogP contribution in [0.3, 0.4) is 0 Å². The maximum Gasteiger partial charge on any atom is 0.127 e. The van der Waals surface area contributed by atoms with Crippen molar-refractivity contribution in [2.24, 2.45) is 22.2 Å². The van der Waals surface area contributed by atoms with Crippen LogP contribution in [0, 0.1) is 33.9 Å². The molecule has 1 aromatic carbocycles. The van der Waals surface area contributed by atoms with Crippen LogP contribution in [-0.4, -0.2) is 42.9 Å². The standard InChI is InChI=1S/C25H37FN4OS/c1-7-17(12-22(28)24(3,4)5)25(15-31-14-16(25)2)19-13-18(8-9-20(19)26)30-23(32)21(27)10-11-29-6/h8-9,11,13,16-17,27-28H,7,10,12,14-15H2,1-6H3,(H,30,32). The van der Waals surface area contributed by atoms with E-state index in [0.717, 1.165) is 6.42 Å². The molecule has 3 unspecified atom stereocenters. The number of rotatable bonds is 9. The fraction of sp³-hybridized carbons (Fsp3) is 0.600. The predicted octanol–water partition coefficient (Wildman–Crippen LogP) is 6.06. The lowest BCUT2D eigenvalue weighted by atomic mass is 9.61. The SMILES string of the molecule is CCC(CC(=N)C(C)(C)C)C1(c2cc(NC(=S)C(=N)CC=NC)ccc2F)COCC1C. The van der Waals surface area contributed by atoms with Crippen LogP contribution in [0.4, 0.5) is 10.1 Å². The molecule has 0 aromatic heterocycles. The van der Waals surface area contributed by atoms with Crippen molar-refractivity contribution in [3.63, 3.8) is 0 Å². The van der Waals surface area contributed by atoms with E-state index in [2.05, 4.69) is 24.2 Å². The van der Waals surface area contributed by atoms with Crippen LogP contribution >= 0.6 is 12.2 Å². The van der Waals surface area contributed by atoms with Crippen molar-refractivity contribution in [1.29, 1.82) is 10.8 Å². The summed E-state index contributed by atoms with van der Waals surface area (Å²) in [4.78, 5) is 4.20. The lowest BCUT2D eigenvalue weighted by Gasteiger charge is -2.41. The van der Waals surface area contributed by atoms with Gasteiger partial charge in [0.25, 0.3) is 0 Å². The monoisotopic (exact) mass is 460 g/mol. The Balaban J connectivity index is 2.45. The number of aliphatic imine (C=N–C) groups is 1. The van der Waals surface area contributed by atoms with Crippen molar-refractivity contribution in [2.75, 3.05) is 25.6 Å². The van der Waals surface area contributed by atoms with E-state index in [1.807, 2.05) is 26.8 Å². The van der Waals surface area contributed by atoms with Crippen molar-refractivity contribution in [3.8, 4) is 0 Å². The molecule has 1 aliphatic rings. The molecule has 1 heterocycles. The number of ether oxygens (including phenoxy) is 1. The van der Waals surface area contributed by atoms with Gasteiger partial charge >= 0.3 is 0 Å². The van der Waals surface area contributed by atoms with Gasteiger partial charge in [-0.3, -0.25) is 0 Å². The topological polar surface area (TPSA) is 81.3 Å². The van der Waals surface area contributed by atoms with E-state index in [0.29, 0.717) is 48.0 Å². The van der Waals surface area contributed by atoms with Gasteiger partial charge in [-0.05, 0) is 47.4 Å². The van der Waals surface area contributed by atoms with Gasteiger partial charge in [0.2, 0.25) is 0 Å². The van der Waals surface area contributed by atoms with Crippen LogP contribution < -0.4 is 5.32 Å². The Kier molecular flexibility index (Phi) is 8.82. The molecule has 2 rings (SSSR count). The first-order valence-electron chi connectivity index (χ1n) is 11.2. The molecule has 1 aromatic rings. The van der Waals surface area contributed by atoms with E-state index in [-0.39, 0.29) is 28.8 Å². The van der Waals surface area contributed by atoms with Crippen LogP contribution in [0.25, 0.3) is 0 Å². The molecule has 1 aliphatic heterocycles. The van der Waals surface area contributed by atoms with Gasteiger partial charge in [-0.15, -0.1) is 0 Å². The number of halogens is 1. The first-order chi connectivity index (χ1) is 15.0. The van der Waals surface area contributed by atoms with Gasteiger partial charge in [-0.25, -0.2) is 4.39 Å². The van der Waals surface area contributed by atoms with Gasteiger partial charge in [0.15, 0.2) is 0 Å². The van der Waals surface area contributed by atoms with Gasteiger partial charge in [0, 0.05) is 36.5 Å². The van der Waals surface area contributed by atoms with E-state index in [9.17, 15) is 0 Å². The maximum absolute atomic E-state index is 15.3. The van der Waals surface area contributed by atoms with Gasteiger partial charge in [0.05, 0.1) is 18.9 Å². The molecule has 0 amide bonds. The average Bonchev–Trinajstić information content (AvgIpc) is 3.12. The molecule has 1 saturated heterocycles. The molecule has 0 bridgehead atoms. The number of nitrogens with one attached hydrogen (secondary N) is 3. The van der Waals surface area contributed by atoms with Crippen molar-refractivity contribution in [3.05, 3.63) is 29.6 Å². The Morgan fingerprint density at radius 2 is 2.09 bits per heavy atom. The highest BCUT2D eigenvalue weighted by Gasteiger charge is 2.50. The van der Waals surface area contributed by atoms with E-state index in [1.54, 1.807) is 19.3 Å². The minimum atomic E-state index is -0.530. The van der Waals surface area contributed by atoms with Crippen LogP contribution in [0.15, 0.2) is 23.2 Å². The Bertz CT molecular complexity index is 892. The highest BCUT2D eigenvalue weighted by atomic mass is 32.1. The second-order valence-corrected chi connectivity index (χ2v) is 10.2. The molecular weight excluding hydrogens is 423 g/mol. The van der Waals surface area contributed by atoms with E-state index >= 15 is 4.39 Å². The minimum absolute atomic E-state index is 0.0718. The summed E-state index contributed by atoms with van der Waals surface area (Å²) in [5, 5.41) is 19.8. The van der Waals surface area contributed by atoms with Gasteiger partial charge < -0.3 is 25.9 Å². The average molecular weight is 461 g/mol. The van der Waals surface area contributed by atoms with Crippen molar-refractivity contribution in [1.82, 2.24) is 0 Å². The molecule has 0 saturated carbocycles. The molecular formula is C25H37FN4OS. The second kappa shape index (κ2) is 10.8. The molecule has 0 radical (unpaired) electrons. The number of anilines is 1. The van der Waals surface area contributed by atoms with Crippen LogP contribution in [0.5, 0.6) is 0 Å². The highest BCUT2D eigenvalue weighted by molar-refractivity contribution is 7.82. The Morgan fingerprint density at radius 3 is 2.62 bits per heavy atom. The van der Waals surface area contributed by atoms with Gasteiger partial charge in [-0.2, -0.15) is 0 Å². The molecule has 32 heavy (non-hydrogen) atoms. The summed E-state index contributed by atoms with van der Waals surface area (Å²) in [7, 11) is 1.66. The molecule has 5 nitrogen and oxygen atoms in total. The van der Waals surface area contributed by atoms with Crippen molar-refractivity contribution >= 4 is 40.5 Å². The minimum Gasteiger partial charge on any atom is -0.380 e. The largest absolute Gasteiger partial charge is 0.380 e. The summed E-state index contributed by atoms with van der Waals surface area (Å²) in [5.74, 6) is -0.0915. The lowest BCUT2D eigenvalue weighted by Crippen LogP contribution is -2.43. The molecule has 7 heteroatoms. The summed E-state index contributed by atoms with van der Waals surface area (Å²) in [6, 6.07) is 4.93. The molecule has 0 spiro atoms. The van der Waals surface area contributed by atoms with E-state index < -0.39 is 5.41 Å². The van der Waals surface area contributed by atoms with Gasteiger partial charge in [0.1, 0.15) is 10.8 Å². The Morgan fingerprint density at radius 1 is 1.41 bits per heavy atom. The van der Waals surface area contributed by atoms with Gasteiger partial charge in [-0.1, -0.05) is 53.3 Å². The summed E-state index contributed by atoms with van der Waals surface area (Å²) in [5.41, 5.74) is 1.43. The normalized spacial score (nSPS) is 22.2. The van der Waals surface area contributed by atoms with Crippen LogP contribution in [0.2, 0.25) is 0 Å². The third-order valence-corrected chi connectivity index (χ3v) is 6.99. The van der Waals surface area contributed by atoms with E-state index in [4.69, 9.17) is 27.8 Å². The molecule has 0 aliphatic carbocycles. The summed E-state index contributed by atoms with van der Waals surface area (Å²) < 4.78 is 21.2. The molecule has 3 N–H and O–H groups in total. The van der Waals surface area contributed by atoms with Crippen molar-refractivity contribution < 1.29 is 9.13 Å². The first-order valence-corrected chi connectivity index (χ1v) is 11.6. The zero-order valence-electron chi connectivity index (χ0n) is 20.1. The quantitative estimate of drug-likeness (QED) is 0.309. The molecule has 176 valence electrons. The Hall–Kier alpha value is -1.99. The zero-order valence-corrected chi connectivity index (χ0v) is 21.0. The third kappa shape index (κ3) is 5.67. The molecule has 1 fully saturated rings. The van der Waals surface area contributed by atoms with Crippen LogP contribution in [-0.2, 0) is 10.2 Å². The third-order valence-electron chi connectivity index (χ3n) is 6.64. The number of hydrogen-bond acceptors (Lipinski definition) is 5. The fourth-order valence-corrected chi connectivity index (χ4v) is 4.66. The summed E-state index contributed by atoms with van der Waals surface area (Å²) >= 11 is 5.36. The smallest absolute Gasteiger partial charge is 0.127 e. The Labute approximate surface area is 197 Å². The van der Waals surface area contributed by atoms with Crippen molar-refractivity contribution in [2.45, 2.75) is 59.3 Å². The highest BCUT2D eigenvalue weighted by Crippen LogP contribution is 2.48.